The largest absolute Gasteiger partial charge is 0.478 e. The summed E-state index contributed by atoms with van der Waals surface area (Å²) in [6, 6.07) is 2.22. The molecule has 2 rings (SSSR count). The van der Waals surface area contributed by atoms with E-state index in [0.717, 1.165) is 18.3 Å². The van der Waals surface area contributed by atoms with Crippen LogP contribution in [0.4, 0.5) is 5.69 Å². The van der Waals surface area contributed by atoms with Gasteiger partial charge >= 0.3 is 5.97 Å². The molecule has 0 aliphatic rings. The molecule has 0 amide bonds. The molecule has 0 radical (unpaired) electrons. The number of carbonyl (C=O) groups is 1. The first-order chi connectivity index (χ1) is 9.70. The minimum Gasteiger partial charge on any atom is -0.478 e. The fourth-order valence-corrected chi connectivity index (χ4v) is 3.30. The number of benzene rings is 1. The van der Waals surface area contributed by atoms with Crippen molar-refractivity contribution in [1.29, 1.82) is 0 Å². The Balaban J connectivity index is 2.42. The maximum Gasteiger partial charge on any atom is 0.335 e. The third-order valence-corrected chi connectivity index (χ3v) is 4.42. The molecule has 0 aliphatic heterocycles. The molecule has 1 aromatic carbocycles. The number of hydrogen-bond donors (Lipinski definition) is 2. The molecule has 7 nitrogen and oxygen atoms in total. The van der Waals surface area contributed by atoms with Crippen LogP contribution in [0.1, 0.15) is 10.4 Å². The summed E-state index contributed by atoms with van der Waals surface area (Å²) in [5.74, 6) is -1.22. The maximum absolute atomic E-state index is 12.1. The lowest BCUT2D eigenvalue weighted by molar-refractivity contribution is 0.0697. The number of aromatic nitrogens is 2. The first kappa shape index (κ1) is 15.6. The second kappa shape index (κ2) is 5.55. The fourth-order valence-electron chi connectivity index (χ4n) is 1.52. The number of carboxylic acids is 1. The van der Waals surface area contributed by atoms with Crippen molar-refractivity contribution in [2.75, 3.05) is 4.72 Å². The smallest absolute Gasteiger partial charge is 0.335 e. The number of sulfonamides is 1. The van der Waals surface area contributed by atoms with Gasteiger partial charge in [-0.05, 0) is 12.1 Å². The first-order valence-electron chi connectivity index (χ1n) is 5.44. The Morgan fingerprint density at radius 1 is 1.33 bits per heavy atom. The van der Waals surface area contributed by atoms with Crippen molar-refractivity contribution in [3.8, 4) is 0 Å². The van der Waals surface area contributed by atoms with Gasteiger partial charge in [0.1, 0.15) is 4.90 Å². The van der Waals surface area contributed by atoms with Crippen molar-refractivity contribution in [2.45, 2.75) is 4.90 Å². The summed E-state index contributed by atoms with van der Waals surface area (Å²) in [5.41, 5.74) is -0.235. The van der Waals surface area contributed by atoms with Crippen LogP contribution in [0.5, 0.6) is 0 Å². The number of carboxylic acid groups (broad SMARTS) is 1. The van der Waals surface area contributed by atoms with E-state index in [-0.39, 0.29) is 26.2 Å². The maximum atomic E-state index is 12.1. The van der Waals surface area contributed by atoms with E-state index in [4.69, 9.17) is 28.3 Å². The highest BCUT2D eigenvalue weighted by Gasteiger charge is 2.20. The van der Waals surface area contributed by atoms with Gasteiger partial charge in [-0.2, -0.15) is 5.10 Å². The molecule has 0 saturated heterocycles. The van der Waals surface area contributed by atoms with E-state index in [0.29, 0.717) is 0 Å². The van der Waals surface area contributed by atoms with Gasteiger partial charge in [0.05, 0.1) is 27.5 Å². The normalized spacial score (nSPS) is 11.4. The van der Waals surface area contributed by atoms with Gasteiger partial charge in [0.15, 0.2) is 0 Å². The van der Waals surface area contributed by atoms with E-state index in [1.54, 1.807) is 7.05 Å². The molecule has 1 aromatic heterocycles. The van der Waals surface area contributed by atoms with Gasteiger partial charge in [0, 0.05) is 13.2 Å². The van der Waals surface area contributed by atoms with Gasteiger partial charge in [-0.1, -0.05) is 23.2 Å². The quantitative estimate of drug-likeness (QED) is 0.881. The van der Waals surface area contributed by atoms with Crippen LogP contribution in [0.25, 0.3) is 0 Å². The summed E-state index contributed by atoms with van der Waals surface area (Å²) in [4.78, 5) is 10.8. The molecule has 21 heavy (non-hydrogen) atoms. The number of nitrogens with one attached hydrogen (secondary N) is 1. The van der Waals surface area contributed by atoms with Gasteiger partial charge in [0.2, 0.25) is 0 Å². The standard InChI is InChI=1S/C11H9Cl2N3O4S/c1-16-5-7(4-14-16)21(19,20)15-10-8(12)2-6(11(17)18)3-9(10)13/h2-5,15H,1H3,(H,17,18). The molecule has 0 spiro atoms. The number of rotatable bonds is 4. The van der Waals surface area contributed by atoms with E-state index >= 15 is 0 Å². The van der Waals surface area contributed by atoms with E-state index in [1.165, 1.54) is 10.9 Å². The van der Waals surface area contributed by atoms with Crippen molar-refractivity contribution in [2.24, 2.45) is 7.05 Å². The monoisotopic (exact) mass is 349 g/mol. The Hall–Kier alpha value is -1.77. The summed E-state index contributed by atoms with van der Waals surface area (Å²) in [7, 11) is -2.35. The number of halogens is 2. The molecule has 0 bridgehead atoms. The Kier molecular flexibility index (Phi) is 4.13. The van der Waals surface area contributed by atoms with Crippen molar-refractivity contribution >= 4 is 44.9 Å². The predicted molar refractivity (Wildman–Crippen MR) is 77.4 cm³/mol. The topological polar surface area (TPSA) is 101 Å². The zero-order chi connectivity index (χ0) is 15.8. The molecule has 0 atom stereocenters. The van der Waals surface area contributed by atoms with Crippen LogP contribution in [0.15, 0.2) is 29.4 Å². The van der Waals surface area contributed by atoms with Crippen LogP contribution in [0.3, 0.4) is 0 Å². The Bertz CT molecular complexity index is 794. The van der Waals surface area contributed by atoms with Gasteiger partial charge in [-0.25, -0.2) is 13.2 Å². The van der Waals surface area contributed by atoms with Crippen LogP contribution >= 0.6 is 23.2 Å². The minimum absolute atomic E-state index is 0.0700. The highest BCUT2D eigenvalue weighted by Crippen LogP contribution is 2.33. The van der Waals surface area contributed by atoms with Crippen molar-refractivity contribution in [3.63, 3.8) is 0 Å². The summed E-state index contributed by atoms with van der Waals surface area (Å²) in [6.45, 7) is 0. The first-order valence-corrected chi connectivity index (χ1v) is 7.68. The highest BCUT2D eigenvalue weighted by atomic mass is 35.5. The van der Waals surface area contributed by atoms with E-state index in [9.17, 15) is 13.2 Å². The molecule has 2 aromatic rings. The number of aromatic carboxylic acids is 1. The summed E-state index contributed by atoms with van der Waals surface area (Å²) in [5, 5.41) is 12.4. The van der Waals surface area contributed by atoms with E-state index < -0.39 is 16.0 Å². The van der Waals surface area contributed by atoms with Crippen LogP contribution in [-0.2, 0) is 17.1 Å². The van der Waals surface area contributed by atoms with E-state index in [1.807, 2.05) is 0 Å². The van der Waals surface area contributed by atoms with E-state index in [2.05, 4.69) is 9.82 Å². The third kappa shape index (κ3) is 3.29. The molecule has 2 N–H and O–H groups in total. The lowest BCUT2D eigenvalue weighted by Gasteiger charge is -2.11. The fraction of sp³-hybridized carbons (Fsp3) is 0.0909. The Labute approximate surface area is 130 Å². The molecular weight excluding hydrogens is 341 g/mol. The number of nitrogens with zero attached hydrogens (tertiary/aromatic N) is 2. The Morgan fingerprint density at radius 3 is 2.33 bits per heavy atom. The van der Waals surface area contributed by atoms with Crippen LogP contribution in [-0.4, -0.2) is 29.3 Å². The molecule has 1 heterocycles. The van der Waals surface area contributed by atoms with Crippen molar-refractivity contribution < 1.29 is 18.3 Å². The molecular formula is C11H9Cl2N3O4S. The molecule has 0 fully saturated rings. The van der Waals surface area contributed by atoms with Crippen LogP contribution in [0, 0.1) is 0 Å². The molecule has 0 aliphatic carbocycles. The number of anilines is 1. The van der Waals surface area contributed by atoms with Crippen molar-refractivity contribution in [3.05, 3.63) is 40.1 Å². The second-order valence-electron chi connectivity index (χ2n) is 4.08. The third-order valence-electron chi connectivity index (χ3n) is 2.52. The summed E-state index contributed by atoms with van der Waals surface area (Å²) < 4.78 is 27.8. The highest BCUT2D eigenvalue weighted by molar-refractivity contribution is 7.92. The second-order valence-corrected chi connectivity index (χ2v) is 6.57. The van der Waals surface area contributed by atoms with Gasteiger partial charge in [-0.3, -0.25) is 9.40 Å². The Morgan fingerprint density at radius 2 is 1.90 bits per heavy atom. The van der Waals surface area contributed by atoms with Crippen LogP contribution < -0.4 is 4.72 Å². The minimum atomic E-state index is -3.92. The van der Waals surface area contributed by atoms with Gasteiger partial charge in [-0.15, -0.1) is 0 Å². The summed E-state index contributed by atoms with van der Waals surface area (Å²) in [6.07, 6.45) is 2.46. The number of aryl methyl sites for hydroxylation is 1. The lowest BCUT2D eigenvalue weighted by atomic mass is 10.2. The zero-order valence-corrected chi connectivity index (χ0v) is 12.9. The average molecular weight is 350 g/mol. The summed E-state index contributed by atoms with van der Waals surface area (Å²) >= 11 is 11.8. The molecule has 10 heteroatoms. The molecule has 0 saturated carbocycles. The SMILES string of the molecule is Cn1cc(S(=O)(=O)Nc2c(Cl)cc(C(=O)O)cc2Cl)cn1. The van der Waals surface area contributed by atoms with Crippen LogP contribution in [0.2, 0.25) is 10.0 Å². The molecule has 0 unspecified atom stereocenters. The average Bonchev–Trinajstić information content (AvgIpc) is 2.81. The van der Waals surface area contributed by atoms with Crippen molar-refractivity contribution in [1.82, 2.24) is 9.78 Å². The van der Waals surface area contributed by atoms with Gasteiger partial charge < -0.3 is 5.11 Å². The lowest BCUT2D eigenvalue weighted by Crippen LogP contribution is -2.13. The predicted octanol–water partition coefficient (Wildman–Crippen LogP) is 2.23. The van der Waals surface area contributed by atoms with Gasteiger partial charge in [0.25, 0.3) is 10.0 Å². The zero-order valence-electron chi connectivity index (χ0n) is 10.5. The number of hydrogen-bond acceptors (Lipinski definition) is 4. The molecule has 112 valence electrons.